The zero-order valence-electron chi connectivity index (χ0n) is 15.2. The minimum absolute atomic E-state index is 0.0308. The summed E-state index contributed by atoms with van der Waals surface area (Å²) in [5.41, 5.74) is 2.26. The molecule has 0 aromatic heterocycles. The molecule has 0 radical (unpaired) electrons. The first-order valence-electron chi connectivity index (χ1n) is 8.54. The summed E-state index contributed by atoms with van der Waals surface area (Å²) in [7, 11) is 1.57. The Morgan fingerprint density at radius 3 is 2.36 bits per heavy atom. The van der Waals surface area contributed by atoms with Gasteiger partial charge in [-0.05, 0) is 41.5 Å². The van der Waals surface area contributed by atoms with Crippen LogP contribution in [0.3, 0.4) is 0 Å². The van der Waals surface area contributed by atoms with Crippen LogP contribution in [0.5, 0.6) is 5.75 Å². The second-order valence-corrected chi connectivity index (χ2v) is 5.96. The average molecular weight is 374 g/mol. The molecule has 3 aromatic carbocycles. The van der Waals surface area contributed by atoms with Crippen LogP contribution in [0.4, 0.5) is 11.4 Å². The summed E-state index contributed by atoms with van der Waals surface area (Å²) in [6, 6.07) is 22.3. The maximum Gasteiger partial charge on any atom is 0.270 e. The molecule has 0 spiro atoms. The normalized spacial score (nSPS) is 11.0. The molecule has 0 fully saturated rings. The van der Waals surface area contributed by atoms with Gasteiger partial charge < -0.3 is 10.1 Å². The maximum atomic E-state index is 12.9. The number of hydrogen-bond acceptors (Lipinski definition) is 4. The SMILES string of the molecule is COc1ccc(NC(=O)C(=Cc2cccc([N+](=O)[O-])c2)c2ccccc2)cc1. The predicted octanol–water partition coefficient (Wildman–Crippen LogP) is 4.78. The first-order valence-corrected chi connectivity index (χ1v) is 8.54. The molecule has 0 bridgehead atoms. The molecule has 28 heavy (non-hydrogen) atoms. The number of nitro groups is 1. The third-order valence-corrected chi connectivity index (χ3v) is 4.07. The molecule has 0 saturated carbocycles. The van der Waals surface area contributed by atoms with Crippen molar-refractivity contribution in [3.63, 3.8) is 0 Å². The van der Waals surface area contributed by atoms with E-state index in [1.54, 1.807) is 49.6 Å². The molecule has 0 unspecified atom stereocenters. The van der Waals surface area contributed by atoms with Crippen molar-refractivity contribution in [2.75, 3.05) is 12.4 Å². The molecule has 0 saturated heterocycles. The van der Waals surface area contributed by atoms with Gasteiger partial charge in [-0.1, -0.05) is 42.5 Å². The molecule has 0 atom stereocenters. The first kappa shape index (κ1) is 18.8. The number of ether oxygens (including phenoxy) is 1. The van der Waals surface area contributed by atoms with E-state index in [4.69, 9.17) is 4.74 Å². The summed E-state index contributed by atoms with van der Waals surface area (Å²) in [4.78, 5) is 23.5. The Hall–Kier alpha value is -3.93. The van der Waals surface area contributed by atoms with E-state index in [1.165, 1.54) is 12.1 Å². The fourth-order valence-corrected chi connectivity index (χ4v) is 2.67. The number of nitrogens with one attached hydrogen (secondary N) is 1. The van der Waals surface area contributed by atoms with Crippen molar-refractivity contribution >= 4 is 28.9 Å². The van der Waals surface area contributed by atoms with E-state index in [0.717, 1.165) is 0 Å². The summed E-state index contributed by atoms with van der Waals surface area (Å²) in [5.74, 6) is 0.372. The molecule has 3 rings (SSSR count). The van der Waals surface area contributed by atoms with Crippen LogP contribution in [-0.2, 0) is 4.79 Å². The number of anilines is 1. The highest BCUT2D eigenvalue weighted by Gasteiger charge is 2.14. The molecule has 3 aromatic rings. The minimum Gasteiger partial charge on any atom is -0.497 e. The predicted molar refractivity (Wildman–Crippen MR) is 109 cm³/mol. The Bertz CT molecular complexity index is 1010. The highest BCUT2D eigenvalue weighted by molar-refractivity contribution is 6.29. The smallest absolute Gasteiger partial charge is 0.270 e. The topological polar surface area (TPSA) is 81.5 Å². The van der Waals surface area contributed by atoms with E-state index in [1.807, 2.05) is 30.3 Å². The lowest BCUT2D eigenvalue weighted by atomic mass is 10.0. The van der Waals surface area contributed by atoms with E-state index >= 15 is 0 Å². The van der Waals surface area contributed by atoms with Crippen molar-refractivity contribution in [1.82, 2.24) is 0 Å². The van der Waals surface area contributed by atoms with E-state index in [-0.39, 0.29) is 11.6 Å². The zero-order valence-corrected chi connectivity index (χ0v) is 15.2. The van der Waals surface area contributed by atoms with Crippen molar-refractivity contribution in [1.29, 1.82) is 0 Å². The van der Waals surface area contributed by atoms with E-state index in [2.05, 4.69) is 5.32 Å². The van der Waals surface area contributed by atoms with Gasteiger partial charge >= 0.3 is 0 Å². The quantitative estimate of drug-likeness (QED) is 0.291. The molecular formula is C22H18N2O4. The van der Waals surface area contributed by atoms with Crippen LogP contribution in [-0.4, -0.2) is 17.9 Å². The van der Waals surface area contributed by atoms with Crippen LogP contribution in [0.15, 0.2) is 78.9 Å². The second kappa shape index (κ2) is 8.64. The summed E-state index contributed by atoms with van der Waals surface area (Å²) >= 11 is 0. The van der Waals surface area contributed by atoms with Crippen molar-refractivity contribution < 1.29 is 14.5 Å². The van der Waals surface area contributed by atoms with Gasteiger partial charge in [0.15, 0.2) is 0 Å². The first-order chi connectivity index (χ1) is 13.6. The summed E-state index contributed by atoms with van der Waals surface area (Å²) in [6.07, 6.45) is 1.64. The van der Waals surface area contributed by atoms with Crippen LogP contribution in [0.1, 0.15) is 11.1 Å². The number of methoxy groups -OCH3 is 1. The molecule has 0 aliphatic rings. The second-order valence-electron chi connectivity index (χ2n) is 5.96. The van der Waals surface area contributed by atoms with Gasteiger partial charge in [-0.15, -0.1) is 0 Å². The number of hydrogen-bond donors (Lipinski definition) is 1. The van der Waals surface area contributed by atoms with Gasteiger partial charge in [-0.2, -0.15) is 0 Å². The van der Waals surface area contributed by atoms with Gasteiger partial charge in [0.1, 0.15) is 5.75 Å². The van der Waals surface area contributed by atoms with Crippen molar-refractivity contribution in [3.05, 3.63) is 100 Å². The van der Waals surface area contributed by atoms with Crippen LogP contribution >= 0.6 is 0 Å². The third kappa shape index (κ3) is 4.62. The number of amides is 1. The van der Waals surface area contributed by atoms with Gasteiger partial charge in [0.25, 0.3) is 11.6 Å². The molecule has 1 amide bonds. The van der Waals surface area contributed by atoms with Gasteiger partial charge in [0.05, 0.1) is 12.0 Å². The van der Waals surface area contributed by atoms with Crippen molar-refractivity contribution in [2.45, 2.75) is 0 Å². The number of non-ortho nitro benzene ring substituents is 1. The summed E-state index contributed by atoms with van der Waals surface area (Å²) in [6.45, 7) is 0. The molecule has 140 valence electrons. The Morgan fingerprint density at radius 2 is 1.71 bits per heavy atom. The van der Waals surface area contributed by atoms with E-state index in [0.29, 0.717) is 28.1 Å². The molecule has 6 heteroatoms. The Balaban J connectivity index is 1.96. The molecule has 6 nitrogen and oxygen atoms in total. The highest BCUT2D eigenvalue weighted by Crippen LogP contribution is 2.23. The van der Waals surface area contributed by atoms with E-state index in [9.17, 15) is 14.9 Å². The lowest BCUT2D eigenvalue weighted by Gasteiger charge is -2.10. The average Bonchev–Trinajstić information content (AvgIpc) is 2.73. The number of rotatable bonds is 6. The lowest BCUT2D eigenvalue weighted by molar-refractivity contribution is -0.384. The molecule has 0 aliphatic carbocycles. The van der Waals surface area contributed by atoms with Crippen LogP contribution < -0.4 is 10.1 Å². The van der Waals surface area contributed by atoms with Crippen LogP contribution in [0.2, 0.25) is 0 Å². The number of nitrogens with zero attached hydrogens (tertiary/aromatic N) is 1. The summed E-state index contributed by atoms with van der Waals surface area (Å²) < 4.78 is 5.12. The third-order valence-electron chi connectivity index (χ3n) is 4.07. The van der Waals surface area contributed by atoms with E-state index < -0.39 is 4.92 Å². The number of carbonyl (C=O) groups is 1. The number of benzene rings is 3. The largest absolute Gasteiger partial charge is 0.497 e. The fourth-order valence-electron chi connectivity index (χ4n) is 2.67. The Labute approximate surface area is 162 Å². The Morgan fingerprint density at radius 1 is 1.00 bits per heavy atom. The van der Waals surface area contributed by atoms with Crippen LogP contribution in [0.25, 0.3) is 11.6 Å². The highest BCUT2D eigenvalue weighted by atomic mass is 16.6. The van der Waals surface area contributed by atoms with Gasteiger partial charge in [-0.3, -0.25) is 14.9 Å². The molecular weight excluding hydrogens is 356 g/mol. The van der Waals surface area contributed by atoms with Gasteiger partial charge in [0.2, 0.25) is 0 Å². The van der Waals surface area contributed by atoms with Crippen molar-refractivity contribution in [2.24, 2.45) is 0 Å². The molecule has 1 N–H and O–H groups in total. The number of carbonyl (C=O) groups excluding carboxylic acids is 1. The monoisotopic (exact) mass is 374 g/mol. The summed E-state index contributed by atoms with van der Waals surface area (Å²) in [5, 5.41) is 13.9. The Kier molecular flexibility index (Phi) is 5.81. The van der Waals surface area contributed by atoms with Crippen molar-refractivity contribution in [3.8, 4) is 5.75 Å². The molecule has 0 aliphatic heterocycles. The van der Waals surface area contributed by atoms with Gasteiger partial charge in [-0.25, -0.2) is 0 Å². The maximum absolute atomic E-state index is 12.9. The van der Waals surface area contributed by atoms with Crippen LogP contribution in [0, 0.1) is 10.1 Å². The van der Waals surface area contributed by atoms with Gasteiger partial charge in [0, 0.05) is 23.4 Å². The molecule has 0 heterocycles. The zero-order chi connectivity index (χ0) is 19.9. The minimum atomic E-state index is -0.461. The standard InChI is InChI=1S/C22H18N2O4/c1-28-20-12-10-18(11-13-20)23-22(25)21(17-7-3-2-4-8-17)15-16-6-5-9-19(14-16)24(26)27/h2-15H,1H3,(H,23,25). The number of nitro benzene ring substituents is 1. The fraction of sp³-hybridized carbons (Fsp3) is 0.0455. The lowest BCUT2D eigenvalue weighted by Crippen LogP contribution is -2.13.